The van der Waals surface area contributed by atoms with Gasteiger partial charge in [0.05, 0.1) is 17.3 Å². The normalized spacial score (nSPS) is 12.7. The summed E-state index contributed by atoms with van der Waals surface area (Å²) in [6.45, 7) is 2.93. The summed E-state index contributed by atoms with van der Waals surface area (Å²) < 4.78 is 2.00. The zero-order valence-corrected chi connectivity index (χ0v) is 12.2. The van der Waals surface area contributed by atoms with Gasteiger partial charge in [-0.15, -0.1) is 0 Å². The fraction of sp³-hybridized carbons (Fsp3) is 0.278. The van der Waals surface area contributed by atoms with E-state index < -0.39 is 6.10 Å². The van der Waals surface area contributed by atoms with Crippen LogP contribution in [-0.2, 0) is 19.4 Å². The molecule has 2 aromatic carbocycles. The van der Waals surface area contributed by atoms with E-state index in [0.29, 0.717) is 12.8 Å². The molecule has 0 aliphatic heterocycles. The van der Waals surface area contributed by atoms with Crippen LogP contribution in [0.25, 0.3) is 10.9 Å². The van der Waals surface area contributed by atoms with Crippen molar-refractivity contribution < 1.29 is 5.11 Å². The van der Waals surface area contributed by atoms with Crippen molar-refractivity contribution in [1.82, 2.24) is 9.78 Å². The molecule has 0 aliphatic carbocycles. The zero-order valence-electron chi connectivity index (χ0n) is 12.2. The van der Waals surface area contributed by atoms with Crippen molar-refractivity contribution in [1.29, 1.82) is 0 Å². The molecule has 1 atom stereocenters. The van der Waals surface area contributed by atoms with Crippen LogP contribution in [-0.4, -0.2) is 21.0 Å². The highest BCUT2D eigenvalue weighted by atomic mass is 16.3. The molecule has 3 aromatic rings. The number of para-hydroxylation sites is 1. The quantitative estimate of drug-likeness (QED) is 0.779. The molecular formula is C18H20N2O. The second-order valence-electron chi connectivity index (χ2n) is 5.33. The highest BCUT2D eigenvalue weighted by molar-refractivity contribution is 5.82. The van der Waals surface area contributed by atoms with E-state index in [4.69, 9.17) is 0 Å². The molecule has 0 spiro atoms. The number of aliphatic hydroxyl groups excluding tert-OH is 1. The first kappa shape index (κ1) is 13.8. The average molecular weight is 280 g/mol. The van der Waals surface area contributed by atoms with Crippen LogP contribution in [0.15, 0.2) is 54.6 Å². The summed E-state index contributed by atoms with van der Waals surface area (Å²) in [7, 11) is 0. The third kappa shape index (κ3) is 2.98. The molecule has 1 heterocycles. The second kappa shape index (κ2) is 6.10. The number of benzene rings is 2. The topological polar surface area (TPSA) is 38.0 Å². The van der Waals surface area contributed by atoms with Crippen molar-refractivity contribution in [3.63, 3.8) is 0 Å². The summed E-state index contributed by atoms with van der Waals surface area (Å²) >= 11 is 0. The van der Waals surface area contributed by atoms with Gasteiger partial charge >= 0.3 is 0 Å². The van der Waals surface area contributed by atoms with E-state index in [-0.39, 0.29) is 0 Å². The van der Waals surface area contributed by atoms with Gasteiger partial charge in [-0.05, 0) is 25.0 Å². The van der Waals surface area contributed by atoms with Crippen molar-refractivity contribution in [3.8, 4) is 0 Å². The van der Waals surface area contributed by atoms with Gasteiger partial charge in [0.25, 0.3) is 0 Å². The van der Waals surface area contributed by atoms with Gasteiger partial charge in [-0.1, -0.05) is 48.5 Å². The van der Waals surface area contributed by atoms with Gasteiger partial charge in [-0.3, -0.25) is 4.68 Å². The summed E-state index contributed by atoms with van der Waals surface area (Å²) in [5.74, 6) is 0. The van der Waals surface area contributed by atoms with Gasteiger partial charge in [0.1, 0.15) is 0 Å². The van der Waals surface area contributed by atoms with Crippen LogP contribution in [0.1, 0.15) is 18.2 Å². The van der Waals surface area contributed by atoms with Gasteiger partial charge in [0, 0.05) is 18.4 Å². The summed E-state index contributed by atoms with van der Waals surface area (Å²) in [6, 6.07) is 18.3. The van der Waals surface area contributed by atoms with Crippen LogP contribution in [0, 0.1) is 0 Å². The average Bonchev–Trinajstić information content (AvgIpc) is 2.86. The van der Waals surface area contributed by atoms with Crippen molar-refractivity contribution in [3.05, 3.63) is 65.9 Å². The van der Waals surface area contributed by atoms with E-state index >= 15 is 0 Å². The van der Waals surface area contributed by atoms with Crippen molar-refractivity contribution in [2.45, 2.75) is 32.4 Å². The van der Waals surface area contributed by atoms with Gasteiger partial charge < -0.3 is 5.11 Å². The molecule has 1 aromatic heterocycles. The maximum atomic E-state index is 10.3. The molecule has 1 N–H and O–H groups in total. The number of rotatable bonds is 5. The fourth-order valence-electron chi connectivity index (χ4n) is 2.77. The summed E-state index contributed by atoms with van der Waals surface area (Å²) in [4.78, 5) is 0. The lowest BCUT2D eigenvalue weighted by Crippen LogP contribution is -2.14. The Morgan fingerprint density at radius 1 is 1.00 bits per heavy atom. The van der Waals surface area contributed by atoms with E-state index in [1.807, 2.05) is 47.1 Å². The summed E-state index contributed by atoms with van der Waals surface area (Å²) in [5, 5.41) is 16.1. The van der Waals surface area contributed by atoms with Crippen LogP contribution < -0.4 is 0 Å². The lowest BCUT2D eigenvalue weighted by molar-refractivity contribution is 0.174. The van der Waals surface area contributed by atoms with Gasteiger partial charge in [0.2, 0.25) is 0 Å². The molecule has 0 aliphatic rings. The van der Waals surface area contributed by atoms with Gasteiger partial charge in [-0.25, -0.2) is 0 Å². The van der Waals surface area contributed by atoms with Crippen LogP contribution in [0.4, 0.5) is 0 Å². The zero-order chi connectivity index (χ0) is 14.7. The third-order valence-corrected chi connectivity index (χ3v) is 3.78. The number of fused-ring (bicyclic) bond motifs is 1. The molecule has 1 unspecified atom stereocenters. The number of nitrogens with zero attached hydrogens (tertiary/aromatic N) is 2. The minimum Gasteiger partial charge on any atom is -0.392 e. The lowest BCUT2D eigenvalue weighted by atomic mass is 10.0. The highest BCUT2D eigenvalue weighted by Gasteiger charge is 2.14. The maximum Gasteiger partial charge on any atom is 0.0729 e. The Labute approximate surface area is 124 Å². The Kier molecular flexibility index (Phi) is 4.02. The van der Waals surface area contributed by atoms with Crippen molar-refractivity contribution >= 4 is 10.9 Å². The minimum atomic E-state index is -0.406. The first-order chi connectivity index (χ1) is 10.3. The Balaban J connectivity index is 1.81. The Hall–Kier alpha value is -2.13. The standard InChI is InChI=1S/C18H20N2O/c1-2-20-18-11-7-6-10-16(18)17(19-20)13-15(21)12-14-8-4-3-5-9-14/h3-11,15,21H,2,12-13H2,1H3. The van der Waals surface area contributed by atoms with E-state index in [0.717, 1.165) is 28.7 Å². The SMILES string of the molecule is CCn1nc(CC(O)Cc2ccccc2)c2ccccc21. The number of aliphatic hydroxyl groups is 1. The predicted octanol–water partition coefficient (Wildman–Crippen LogP) is 3.20. The molecule has 3 nitrogen and oxygen atoms in total. The molecular weight excluding hydrogens is 260 g/mol. The Morgan fingerprint density at radius 3 is 2.48 bits per heavy atom. The van der Waals surface area contributed by atoms with Crippen LogP contribution in [0.3, 0.4) is 0 Å². The van der Waals surface area contributed by atoms with E-state index in [9.17, 15) is 5.11 Å². The number of hydrogen-bond acceptors (Lipinski definition) is 2. The number of hydrogen-bond donors (Lipinski definition) is 1. The molecule has 0 radical (unpaired) electrons. The lowest BCUT2D eigenvalue weighted by Gasteiger charge is -2.09. The molecule has 0 saturated heterocycles. The first-order valence-corrected chi connectivity index (χ1v) is 7.44. The summed E-state index contributed by atoms with van der Waals surface area (Å²) in [6.07, 6.45) is 0.840. The van der Waals surface area contributed by atoms with E-state index in [1.165, 1.54) is 0 Å². The smallest absolute Gasteiger partial charge is 0.0729 e. The van der Waals surface area contributed by atoms with Crippen molar-refractivity contribution in [2.75, 3.05) is 0 Å². The summed E-state index contributed by atoms with van der Waals surface area (Å²) in [5.41, 5.74) is 3.28. The number of aryl methyl sites for hydroxylation is 1. The molecule has 21 heavy (non-hydrogen) atoms. The minimum absolute atomic E-state index is 0.406. The number of aromatic nitrogens is 2. The largest absolute Gasteiger partial charge is 0.392 e. The molecule has 0 bridgehead atoms. The molecule has 3 rings (SSSR count). The monoisotopic (exact) mass is 280 g/mol. The van der Waals surface area contributed by atoms with Crippen LogP contribution in [0.5, 0.6) is 0 Å². The highest BCUT2D eigenvalue weighted by Crippen LogP contribution is 2.20. The van der Waals surface area contributed by atoms with Crippen LogP contribution in [0.2, 0.25) is 0 Å². The molecule has 0 amide bonds. The van der Waals surface area contributed by atoms with Crippen molar-refractivity contribution in [2.24, 2.45) is 0 Å². The van der Waals surface area contributed by atoms with E-state index in [1.54, 1.807) is 0 Å². The van der Waals surface area contributed by atoms with Gasteiger partial charge in [-0.2, -0.15) is 5.10 Å². The molecule has 0 fully saturated rings. The molecule has 3 heteroatoms. The fourth-order valence-corrected chi connectivity index (χ4v) is 2.77. The van der Waals surface area contributed by atoms with Gasteiger partial charge in [0.15, 0.2) is 0 Å². The Morgan fingerprint density at radius 2 is 1.71 bits per heavy atom. The molecule has 0 saturated carbocycles. The Bertz CT molecular complexity index is 718. The molecule has 108 valence electrons. The first-order valence-electron chi connectivity index (χ1n) is 7.44. The van der Waals surface area contributed by atoms with Crippen LogP contribution >= 0.6 is 0 Å². The second-order valence-corrected chi connectivity index (χ2v) is 5.33. The predicted molar refractivity (Wildman–Crippen MR) is 85.3 cm³/mol. The van der Waals surface area contributed by atoms with E-state index in [2.05, 4.69) is 24.2 Å². The maximum absolute atomic E-state index is 10.3. The third-order valence-electron chi connectivity index (χ3n) is 3.78.